The Hall–Kier alpha value is -1.60. The smallest absolute Gasteiger partial charge is 0.241 e. The largest absolute Gasteiger partial charge is 0.492 e. The lowest BCUT2D eigenvalue weighted by atomic mass is 9.99. The lowest BCUT2D eigenvalue weighted by Gasteiger charge is -2.18. The van der Waals surface area contributed by atoms with Gasteiger partial charge < -0.3 is 15.8 Å². The summed E-state index contributed by atoms with van der Waals surface area (Å²) in [6.07, 6.45) is 1.98. The molecule has 0 heterocycles. The van der Waals surface area contributed by atoms with Crippen LogP contribution < -0.4 is 15.8 Å². The molecule has 0 aliphatic carbocycles. The third-order valence-electron chi connectivity index (χ3n) is 3.38. The molecule has 0 saturated carbocycles. The molecule has 6 nitrogen and oxygen atoms in total. The molecule has 7 heteroatoms. The fraction of sp³-hybridized carbons (Fsp3) is 0.533. The number of sulfone groups is 1. The molecule has 0 radical (unpaired) electrons. The number of carbonyl (C=O) groups excluding carboxylic acids is 1. The Balaban J connectivity index is 2.62. The van der Waals surface area contributed by atoms with E-state index in [1.54, 1.807) is 24.3 Å². The number of hydrogen-bond donors (Lipinski definition) is 2. The number of hydrogen-bond acceptors (Lipinski definition) is 5. The standard InChI is InChI=1S/C15H24N2O4S/c1-4-11(2)14(16)15(18)17-12-6-5-7-13(10-12)21-8-9-22(3,19)20/h5-7,10-11,14H,4,8-9,16H2,1-3H3,(H,17,18). The lowest BCUT2D eigenvalue weighted by Crippen LogP contribution is -2.40. The van der Waals surface area contributed by atoms with Crippen molar-refractivity contribution in [1.29, 1.82) is 0 Å². The molecule has 0 aromatic heterocycles. The van der Waals surface area contributed by atoms with Crippen LogP contribution in [0.3, 0.4) is 0 Å². The van der Waals surface area contributed by atoms with E-state index in [0.717, 1.165) is 12.7 Å². The molecule has 1 rings (SSSR count). The summed E-state index contributed by atoms with van der Waals surface area (Å²) < 4.78 is 27.5. The lowest BCUT2D eigenvalue weighted by molar-refractivity contribution is -0.118. The highest BCUT2D eigenvalue weighted by Gasteiger charge is 2.19. The number of carbonyl (C=O) groups is 1. The maximum absolute atomic E-state index is 12.0. The quantitative estimate of drug-likeness (QED) is 0.752. The molecule has 2 atom stereocenters. The molecule has 124 valence electrons. The van der Waals surface area contributed by atoms with Gasteiger partial charge in [-0.25, -0.2) is 8.42 Å². The highest BCUT2D eigenvalue weighted by Crippen LogP contribution is 2.18. The van der Waals surface area contributed by atoms with Gasteiger partial charge in [-0.15, -0.1) is 0 Å². The molecule has 0 saturated heterocycles. The van der Waals surface area contributed by atoms with Gasteiger partial charge in [0, 0.05) is 18.0 Å². The van der Waals surface area contributed by atoms with Gasteiger partial charge in [0.2, 0.25) is 5.91 Å². The van der Waals surface area contributed by atoms with Crippen molar-refractivity contribution in [3.05, 3.63) is 24.3 Å². The molecule has 0 bridgehead atoms. The topological polar surface area (TPSA) is 98.5 Å². The minimum atomic E-state index is -3.06. The van der Waals surface area contributed by atoms with E-state index in [4.69, 9.17) is 10.5 Å². The first-order valence-electron chi connectivity index (χ1n) is 7.20. The van der Waals surface area contributed by atoms with Crippen LogP contribution in [0.2, 0.25) is 0 Å². The summed E-state index contributed by atoms with van der Waals surface area (Å²) in [7, 11) is -3.06. The molecule has 0 fully saturated rings. The van der Waals surface area contributed by atoms with E-state index in [-0.39, 0.29) is 24.2 Å². The molecule has 1 aromatic rings. The number of rotatable bonds is 8. The van der Waals surface area contributed by atoms with Crippen molar-refractivity contribution in [3.8, 4) is 5.75 Å². The summed E-state index contributed by atoms with van der Waals surface area (Å²) in [5.41, 5.74) is 6.45. The number of ether oxygens (including phenoxy) is 1. The molecular weight excluding hydrogens is 304 g/mol. The van der Waals surface area contributed by atoms with E-state index in [2.05, 4.69) is 5.32 Å². The Morgan fingerprint density at radius 2 is 2.09 bits per heavy atom. The molecular formula is C15H24N2O4S. The van der Waals surface area contributed by atoms with Crippen LogP contribution in [0.25, 0.3) is 0 Å². The van der Waals surface area contributed by atoms with Crippen LogP contribution in [-0.4, -0.2) is 39.0 Å². The highest BCUT2D eigenvalue weighted by atomic mass is 32.2. The third kappa shape index (κ3) is 6.44. The normalized spacial score (nSPS) is 14.2. The minimum absolute atomic E-state index is 0.0531. The Morgan fingerprint density at radius 3 is 2.68 bits per heavy atom. The Kier molecular flexibility index (Phi) is 6.83. The summed E-state index contributed by atoms with van der Waals surface area (Å²) in [4.78, 5) is 12.0. The van der Waals surface area contributed by atoms with Gasteiger partial charge >= 0.3 is 0 Å². The summed E-state index contributed by atoms with van der Waals surface area (Å²) in [5.74, 6) is 0.290. The zero-order chi connectivity index (χ0) is 16.8. The molecule has 2 unspecified atom stereocenters. The molecule has 1 aromatic carbocycles. The highest BCUT2D eigenvalue weighted by molar-refractivity contribution is 7.90. The molecule has 0 aliphatic rings. The number of amides is 1. The Labute approximate surface area is 132 Å². The maximum atomic E-state index is 12.0. The number of nitrogens with one attached hydrogen (secondary N) is 1. The van der Waals surface area contributed by atoms with Crippen molar-refractivity contribution in [2.75, 3.05) is 23.9 Å². The maximum Gasteiger partial charge on any atom is 0.241 e. The second-order valence-electron chi connectivity index (χ2n) is 5.41. The van der Waals surface area contributed by atoms with Crippen molar-refractivity contribution in [3.63, 3.8) is 0 Å². The second-order valence-corrected chi connectivity index (χ2v) is 7.67. The molecule has 3 N–H and O–H groups in total. The van der Waals surface area contributed by atoms with Gasteiger partial charge in [-0.2, -0.15) is 0 Å². The van der Waals surface area contributed by atoms with Crippen LogP contribution in [0.5, 0.6) is 5.75 Å². The van der Waals surface area contributed by atoms with E-state index in [1.807, 2.05) is 13.8 Å². The molecule has 0 spiro atoms. The predicted molar refractivity (Wildman–Crippen MR) is 87.7 cm³/mol. The van der Waals surface area contributed by atoms with Crippen molar-refractivity contribution in [2.45, 2.75) is 26.3 Å². The number of benzene rings is 1. The van der Waals surface area contributed by atoms with Crippen molar-refractivity contribution >= 4 is 21.4 Å². The van der Waals surface area contributed by atoms with Crippen LogP contribution in [0.4, 0.5) is 5.69 Å². The van der Waals surface area contributed by atoms with Crippen molar-refractivity contribution in [2.24, 2.45) is 11.7 Å². The van der Waals surface area contributed by atoms with Crippen LogP contribution in [0, 0.1) is 5.92 Å². The average Bonchev–Trinajstić information content (AvgIpc) is 2.44. The molecule has 0 aliphatic heterocycles. The summed E-state index contributed by atoms with van der Waals surface area (Å²) in [5, 5.41) is 2.74. The van der Waals surface area contributed by atoms with E-state index < -0.39 is 15.9 Å². The Bertz CT molecular complexity index is 601. The van der Waals surface area contributed by atoms with Gasteiger partial charge in [-0.05, 0) is 18.1 Å². The molecule has 22 heavy (non-hydrogen) atoms. The monoisotopic (exact) mass is 328 g/mol. The van der Waals surface area contributed by atoms with Gasteiger partial charge in [-0.1, -0.05) is 26.3 Å². The predicted octanol–water partition coefficient (Wildman–Crippen LogP) is 1.42. The van der Waals surface area contributed by atoms with Gasteiger partial charge in [-0.3, -0.25) is 4.79 Å². The fourth-order valence-electron chi connectivity index (χ4n) is 1.71. The first-order chi connectivity index (χ1) is 10.2. The van der Waals surface area contributed by atoms with E-state index in [9.17, 15) is 13.2 Å². The second kappa shape index (κ2) is 8.14. The van der Waals surface area contributed by atoms with Crippen molar-refractivity contribution < 1.29 is 17.9 Å². The van der Waals surface area contributed by atoms with Crippen LogP contribution in [0.1, 0.15) is 20.3 Å². The molecule has 1 amide bonds. The van der Waals surface area contributed by atoms with E-state index in [1.165, 1.54) is 0 Å². The van der Waals surface area contributed by atoms with Gasteiger partial charge in [0.15, 0.2) is 9.84 Å². The first-order valence-corrected chi connectivity index (χ1v) is 9.26. The third-order valence-corrected chi connectivity index (χ3v) is 4.29. The minimum Gasteiger partial charge on any atom is -0.492 e. The van der Waals surface area contributed by atoms with E-state index >= 15 is 0 Å². The van der Waals surface area contributed by atoms with E-state index in [0.29, 0.717) is 11.4 Å². The number of nitrogens with two attached hydrogens (primary N) is 1. The van der Waals surface area contributed by atoms with Gasteiger partial charge in [0.1, 0.15) is 12.4 Å². The first kappa shape index (κ1) is 18.4. The fourth-order valence-corrected chi connectivity index (χ4v) is 2.10. The van der Waals surface area contributed by atoms with Crippen LogP contribution >= 0.6 is 0 Å². The number of anilines is 1. The van der Waals surface area contributed by atoms with Gasteiger partial charge in [0.05, 0.1) is 11.8 Å². The van der Waals surface area contributed by atoms with Gasteiger partial charge in [0.25, 0.3) is 0 Å². The summed E-state index contributed by atoms with van der Waals surface area (Å²) in [6, 6.07) is 6.22. The van der Waals surface area contributed by atoms with Crippen LogP contribution in [-0.2, 0) is 14.6 Å². The zero-order valence-electron chi connectivity index (χ0n) is 13.2. The summed E-state index contributed by atoms with van der Waals surface area (Å²) >= 11 is 0. The Morgan fingerprint density at radius 1 is 1.41 bits per heavy atom. The van der Waals surface area contributed by atoms with Crippen LogP contribution in [0.15, 0.2) is 24.3 Å². The zero-order valence-corrected chi connectivity index (χ0v) is 14.0. The SMILES string of the molecule is CCC(C)C(N)C(=O)Nc1cccc(OCCS(C)(=O)=O)c1. The summed E-state index contributed by atoms with van der Waals surface area (Å²) in [6.45, 7) is 3.98. The average molecular weight is 328 g/mol. The van der Waals surface area contributed by atoms with Crippen molar-refractivity contribution in [1.82, 2.24) is 0 Å².